The summed E-state index contributed by atoms with van der Waals surface area (Å²) >= 11 is 0. The van der Waals surface area contributed by atoms with Gasteiger partial charge in [-0.05, 0) is 46.9 Å². The van der Waals surface area contributed by atoms with Crippen LogP contribution in [0.5, 0.6) is 0 Å². The first-order valence-electron chi connectivity index (χ1n) is 14.9. The minimum atomic E-state index is -0.961. The SMILES string of the molecule is CCCCCCC(C(=O)N1CC(c2ccccc2)C[C@H]1C(=O)O)n1cnc2cc(-c3ccccc3-c3nn[nH]n3)ccc21. The van der Waals surface area contributed by atoms with Gasteiger partial charge < -0.3 is 14.6 Å². The van der Waals surface area contributed by atoms with Gasteiger partial charge in [-0.2, -0.15) is 5.21 Å². The molecule has 3 atom stereocenters. The molecule has 3 heterocycles. The van der Waals surface area contributed by atoms with Crippen molar-refractivity contribution >= 4 is 22.9 Å². The van der Waals surface area contributed by atoms with Crippen molar-refractivity contribution < 1.29 is 14.7 Å². The van der Waals surface area contributed by atoms with Crippen molar-refractivity contribution in [3.8, 4) is 22.5 Å². The molecular formula is C33H35N7O3. The fourth-order valence-corrected chi connectivity index (χ4v) is 6.27. The van der Waals surface area contributed by atoms with Gasteiger partial charge in [0.05, 0.1) is 17.4 Å². The topological polar surface area (TPSA) is 130 Å². The van der Waals surface area contributed by atoms with Crippen LogP contribution in [0.3, 0.4) is 0 Å². The van der Waals surface area contributed by atoms with Gasteiger partial charge in [-0.25, -0.2) is 9.78 Å². The Hall–Kier alpha value is -4.86. The Morgan fingerprint density at radius 2 is 1.79 bits per heavy atom. The maximum atomic E-state index is 14.3. The summed E-state index contributed by atoms with van der Waals surface area (Å²) < 4.78 is 1.94. The molecule has 0 saturated carbocycles. The number of aromatic amines is 1. The van der Waals surface area contributed by atoms with Crippen LogP contribution < -0.4 is 0 Å². The summed E-state index contributed by atoms with van der Waals surface area (Å²) in [6, 6.07) is 22.3. The number of amides is 1. The highest BCUT2D eigenvalue weighted by Crippen LogP contribution is 2.36. The van der Waals surface area contributed by atoms with Crippen LogP contribution in [0, 0.1) is 0 Å². The quantitative estimate of drug-likeness (QED) is 0.188. The molecule has 0 aliphatic carbocycles. The molecule has 2 N–H and O–H groups in total. The Labute approximate surface area is 249 Å². The lowest BCUT2D eigenvalue weighted by Crippen LogP contribution is -2.44. The molecule has 2 aromatic heterocycles. The Morgan fingerprint density at radius 3 is 2.53 bits per heavy atom. The number of aliphatic carboxylic acids is 1. The normalized spacial score (nSPS) is 17.4. The van der Waals surface area contributed by atoms with E-state index in [2.05, 4.69) is 27.5 Å². The molecule has 6 rings (SSSR count). The Balaban J connectivity index is 1.33. The van der Waals surface area contributed by atoms with Crippen LogP contribution in [0.2, 0.25) is 0 Å². The molecule has 0 spiro atoms. The summed E-state index contributed by atoms with van der Waals surface area (Å²) in [6.45, 7) is 2.54. The zero-order chi connectivity index (χ0) is 29.8. The lowest BCUT2D eigenvalue weighted by molar-refractivity contribution is -0.149. The zero-order valence-electron chi connectivity index (χ0n) is 24.1. The predicted molar refractivity (Wildman–Crippen MR) is 163 cm³/mol. The average Bonchev–Trinajstić information content (AvgIpc) is 3.82. The lowest BCUT2D eigenvalue weighted by atomic mass is 9.96. The highest BCUT2D eigenvalue weighted by molar-refractivity contribution is 5.90. The van der Waals surface area contributed by atoms with E-state index in [1.807, 2.05) is 77.4 Å². The lowest BCUT2D eigenvalue weighted by Gasteiger charge is -2.28. The summed E-state index contributed by atoms with van der Waals surface area (Å²) in [6.07, 6.45) is 6.81. The number of aromatic nitrogens is 6. The van der Waals surface area contributed by atoms with E-state index in [0.29, 0.717) is 25.2 Å². The van der Waals surface area contributed by atoms with E-state index < -0.39 is 18.1 Å². The van der Waals surface area contributed by atoms with Gasteiger partial charge >= 0.3 is 5.97 Å². The number of carbonyl (C=O) groups excluding carboxylic acids is 1. The molecule has 1 aliphatic heterocycles. The third-order valence-corrected chi connectivity index (χ3v) is 8.49. The largest absolute Gasteiger partial charge is 0.480 e. The van der Waals surface area contributed by atoms with E-state index in [4.69, 9.17) is 4.98 Å². The summed E-state index contributed by atoms with van der Waals surface area (Å²) in [4.78, 5) is 33.0. The van der Waals surface area contributed by atoms with Crippen LogP contribution >= 0.6 is 0 Å². The maximum absolute atomic E-state index is 14.3. The molecule has 3 aromatic carbocycles. The number of hydrogen-bond acceptors (Lipinski definition) is 6. The number of carboxylic acids is 1. The van der Waals surface area contributed by atoms with Gasteiger partial charge in [-0.15, -0.1) is 10.2 Å². The highest BCUT2D eigenvalue weighted by atomic mass is 16.4. The van der Waals surface area contributed by atoms with Gasteiger partial charge in [0, 0.05) is 18.0 Å². The molecule has 5 aromatic rings. The number of hydrogen-bond donors (Lipinski definition) is 2. The second-order valence-electron chi connectivity index (χ2n) is 11.2. The summed E-state index contributed by atoms with van der Waals surface area (Å²) in [5.41, 5.74) is 5.39. The molecule has 2 unspecified atom stereocenters. The molecule has 0 bridgehead atoms. The second kappa shape index (κ2) is 12.6. The third kappa shape index (κ3) is 5.77. The summed E-state index contributed by atoms with van der Waals surface area (Å²) in [7, 11) is 0. The van der Waals surface area contributed by atoms with Crippen LogP contribution in [0.15, 0.2) is 79.1 Å². The average molecular weight is 578 g/mol. The smallest absolute Gasteiger partial charge is 0.326 e. The van der Waals surface area contributed by atoms with Crippen LogP contribution in [-0.4, -0.2) is 64.6 Å². The van der Waals surface area contributed by atoms with Crippen molar-refractivity contribution in [3.63, 3.8) is 0 Å². The first-order valence-corrected chi connectivity index (χ1v) is 14.9. The number of H-pyrrole nitrogens is 1. The van der Waals surface area contributed by atoms with E-state index in [0.717, 1.165) is 59.0 Å². The third-order valence-electron chi connectivity index (χ3n) is 8.49. The number of benzene rings is 3. The second-order valence-corrected chi connectivity index (χ2v) is 11.2. The Kier molecular flexibility index (Phi) is 8.26. The standard InChI is InChI=1S/C33H35N7O3/c1-2-3-4-8-15-29(32(41)39-20-24(19-30(39)33(42)43)22-11-6-5-7-12-22)40-21-34-27-18-23(16-17-28(27)40)25-13-9-10-14-26(25)31-35-37-38-36-31/h5-7,9-14,16-18,21,24,29-30H,2-4,8,15,19-20H2,1H3,(H,42,43)(H,35,36,37,38)/t24?,29?,30-/m0/s1. The Bertz CT molecular complexity index is 1700. The molecule has 43 heavy (non-hydrogen) atoms. The molecule has 1 saturated heterocycles. The van der Waals surface area contributed by atoms with Gasteiger partial charge in [0.25, 0.3) is 0 Å². The maximum Gasteiger partial charge on any atom is 0.326 e. The van der Waals surface area contributed by atoms with E-state index in [-0.39, 0.29) is 11.8 Å². The van der Waals surface area contributed by atoms with Gasteiger partial charge in [0.1, 0.15) is 12.1 Å². The summed E-state index contributed by atoms with van der Waals surface area (Å²) in [5, 5.41) is 24.7. The molecule has 0 radical (unpaired) electrons. The first-order chi connectivity index (χ1) is 21.0. The van der Waals surface area contributed by atoms with Crippen molar-refractivity contribution in [2.75, 3.05) is 6.54 Å². The number of carboxylic acid groups (broad SMARTS) is 1. The number of unbranched alkanes of at least 4 members (excludes halogenated alkanes) is 3. The van der Waals surface area contributed by atoms with Crippen LogP contribution in [-0.2, 0) is 9.59 Å². The number of fused-ring (bicyclic) bond motifs is 1. The number of carbonyl (C=O) groups is 2. The predicted octanol–water partition coefficient (Wildman–Crippen LogP) is 5.86. The van der Waals surface area contributed by atoms with E-state index in [9.17, 15) is 14.7 Å². The van der Waals surface area contributed by atoms with E-state index in [1.54, 1.807) is 11.2 Å². The van der Waals surface area contributed by atoms with E-state index in [1.165, 1.54) is 0 Å². The highest BCUT2D eigenvalue weighted by Gasteiger charge is 2.42. The number of likely N-dealkylation sites (tertiary alicyclic amines) is 1. The zero-order valence-corrected chi connectivity index (χ0v) is 24.1. The van der Waals surface area contributed by atoms with Gasteiger partial charge in [0.2, 0.25) is 11.7 Å². The van der Waals surface area contributed by atoms with Crippen LogP contribution in [0.4, 0.5) is 0 Å². The summed E-state index contributed by atoms with van der Waals surface area (Å²) in [5.74, 6) is -0.634. The fraction of sp³-hybridized carbons (Fsp3) is 0.333. The van der Waals surface area contributed by atoms with Crippen molar-refractivity contribution in [2.45, 2.75) is 63.5 Å². The van der Waals surface area contributed by atoms with Crippen LogP contribution in [0.25, 0.3) is 33.5 Å². The molecule has 1 amide bonds. The monoisotopic (exact) mass is 577 g/mol. The molecule has 1 fully saturated rings. The minimum absolute atomic E-state index is 0.0200. The van der Waals surface area contributed by atoms with Crippen LogP contribution in [0.1, 0.15) is 63.0 Å². The van der Waals surface area contributed by atoms with E-state index >= 15 is 0 Å². The molecule has 10 nitrogen and oxygen atoms in total. The molecule has 220 valence electrons. The number of tetrazole rings is 1. The molecule has 10 heteroatoms. The minimum Gasteiger partial charge on any atom is -0.480 e. The molecular weight excluding hydrogens is 542 g/mol. The van der Waals surface area contributed by atoms with Gasteiger partial charge in [-0.3, -0.25) is 4.79 Å². The van der Waals surface area contributed by atoms with Gasteiger partial charge in [0.15, 0.2) is 0 Å². The number of nitrogens with zero attached hydrogens (tertiary/aromatic N) is 6. The first kappa shape index (κ1) is 28.3. The van der Waals surface area contributed by atoms with Crippen molar-refractivity contribution in [2.24, 2.45) is 0 Å². The number of rotatable bonds is 11. The molecule has 1 aliphatic rings. The number of nitrogens with one attached hydrogen (secondary N) is 1. The van der Waals surface area contributed by atoms with Crippen molar-refractivity contribution in [1.29, 1.82) is 0 Å². The fourth-order valence-electron chi connectivity index (χ4n) is 6.27. The van der Waals surface area contributed by atoms with Crippen molar-refractivity contribution in [1.82, 2.24) is 35.1 Å². The van der Waals surface area contributed by atoms with Gasteiger partial charge in [-0.1, -0.05) is 93.3 Å². The number of imidazole rings is 1. The Morgan fingerprint density at radius 1 is 1.00 bits per heavy atom. The van der Waals surface area contributed by atoms with Crippen molar-refractivity contribution in [3.05, 3.63) is 84.7 Å².